The summed E-state index contributed by atoms with van der Waals surface area (Å²) in [6.45, 7) is 14.4. The maximum Gasteiger partial charge on any atom is 0.239 e. The maximum atomic E-state index is 11.9. The van der Waals surface area contributed by atoms with Crippen LogP contribution in [0.25, 0.3) is 0 Å². The van der Waals surface area contributed by atoms with Crippen molar-refractivity contribution >= 4 is 5.91 Å². The summed E-state index contributed by atoms with van der Waals surface area (Å²) >= 11 is 0. The molecule has 4 heteroatoms. The predicted octanol–water partition coefficient (Wildman–Crippen LogP) is 2.13. The molecule has 3 N–H and O–H groups in total. The van der Waals surface area contributed by atoms with E-state index >= 15 is 0 Å². The van der Waals surface area contributed by atoms with E-state index in [1.807, 2.05) is 6.92 Å². The zero-order valence-corrected chi connectivity index (χ0v) is 13.6. The van der Waals surface area contributed by atoms with Crippen molar-refractivity contribution in [1.29, 1.82) is 0 Å². The number of nitrogens with two attached hydrogens (primary N) is 1. The zero-order chi connectivity index (χ0) is 15.1. The van der Waals surface area contributed by atoms with Crippen LogP contribution >= 0.6 is 0 Å². The van der Waals surface area contributed by atoms with Crippen LogP contribution in [0.5, 0.6) is 0 Å². The standard InChI is InChI=1S/C15H33N3O/c1-7-9-15(6,16)14(19)17-10-8-11-18(12(2)3)13(4)5/h12-13H,7-11,16H2,1-6H3,(H,17,19). The van der Waals surface area contributed by atoms with E-state index in [0.717, 1.165) is 25.8 Å². The van der Waals surface area contributed by atoms with Crippen molar-refractivity contribution in [1.82, 2.24) is 10.2 Å². The summed E-state index contributed by atoms with van der Waals surface area (Å²) in [6.07, 6.45) is 2.61. The van der Waals surface area contributed by atoms with Gasteiger partial charge in [-0.3, -0.25) is 9.69 Å². The summed E-state index contributed by atoms with van der Waals surface area (Å²) in [4.78, 5) is 14.3. The van der Waals surface area contributed by atoms with Gasteiger partial charge in [0.15, 0.2) is 0 Å². The van der Waals surface area contributed by atoms with Gasteiger partial charge >= 0.3 is 0 Å². The summed E-state index contributed by atoms with van der Waals surface area (Å²) < 4.78 is 0. The highest BCUT2D eigenvalue weighted by Gasteiger charge is 2.26. The lowest BCUT2D eigenvalue weighted by Gasteiger charge is -2.30. The molecule has 114 valence electrons. The van der Waals surface area contributed by atoms with Crippen LogP contribution in [0.3, 0.4) is 0 Å². The molecule has 1 unspecified atom stereocenters. The summed E-state index contributed by atoms with van der Waals surface area (Å²) in [5.41, 5.74) is 5.26. The van der Waals surface area contributed by atoms with Crippen molar-refractivity contribution in [2.24, 2.45) is 5.73 Å². The minimum Gasteiger partial charge on any atom is -0.354 e. The van der Waals surface area contributed by atoms with Crippen molar-refractivity contribution in [3.8, 4) is 0 Å². The first kappa shape index (κ1) is 18.4. The Balaban J connectivity index is 4.00. The Labute approximate surface area is 119 Å². The molecule has 0 aliphatic carbocycles. The molecular weight excluding hydrogens is 238 g/mol. The molecule has 0 saturated carbocycles. The zero-order valence-electron chi connectivity index (χ0n) is 13.6. The number of nitrogens with zero attached hydrogens (tertiary/aromatic N) is 1. The first-order chi connectivity index (χ1) is 8.72. The second-order valence-corrected chi connectivity index (χ2v) is 6.20. The lowest BCUT2D eigenvalue weighted by Crippen LogP contribution is -2.52. The number of amides is 1. The van der Waals surface area contributed by atoms with Gasteiger partial charge in [0.05, 0.1) is 5.54 Å². The van der Waals surface area contributed by atoms with Gasteiger partial charge in [0.25, 0.3) is 0 Å². The van der Waals surface area contributed by atoms with Crippen molar-refractivity contribution in [2.75, 3.05) is 13.1 Å². The first-order valence-corrected chi connectivity index (χ1v) is 7.55. The Hall–Kier alpha value is -0.610. The Morgan fingerprint density at radius 3 is 2.21 bits per heavy atom. The van der Waals surface area contributed by atoms with Gasteiger partial charge in [-0.2, -0.15) is 0 Å². The van der Waals surface area contributed by atoms with Crippen molar-refractivity contribution in [3.05, 3.63) is 0 Å². The lowest BCUT2D eigenvalue weighted by atomic mass is 9.96. The second kappa shape index (κ2) is 8.54. The summed E-state index contributed by atoms with van der Waals surface area (Å²) in [6, 6.07) is 1.08. The molecule has 0 aromatic carbocycles. The highest BCUT2D eigenvalue weighted by molar-refractivity contribution is 5.85. The van der Waals surface area contributed by atoms with E-state index in [9.17, 15) is 4.79 Å². The van der Waals surface area contributed by atoms with E-state index in [1.165, 1.54) is 0 Å². The molecule has 0 heterocycles. The van der Waals surface area contributed by atoms with Gasteiger partial charge < -0.3 is 11.1 Å². The van der Waals surface area contributed by atoms with Gasteiger partial charge in [-0.15, -0.1) is 0 Å². The number of carbonyl (C=O) groups excluding carboxylic acids is 1. The second-order valence-electron chi connectivity index (χ2n) is 6.20. The molecule has 0 spiro atoms. The molecule has 0 aliphatic heterocycles. The van der Waals surface area contributed by atoms with E-state index in [0.29, 0.717) is 18.6 Å². The third-order valence-corrected chi connectivity index (χ3v) is 3.49. The fourth-order valence-electron chi connectivity index (χ4n) is 2.41. The van der Waals surface area contributed by atoms with Crippen LogP contribution in [0.2, 0.25) is 0 Å². The molecule has 0 aliphatic rings. The molecule has 1 atom stereocenters. The van der Waals surface area contributed by atoms with Crippen molar-refractivity contribution < 1.29 is 4.79 Å². The van der Waals surface area contributed by atoms with Crippen molar-refractivity contribution in [3.63, 3.8) is 0 Å². The Bertz CT molecular complexity index is 254. The van der Waals surface area contributed by atoms with Crippen molar-refractivity contribution in [2.45, 2.75) is 78.4 Å². The number of hydrogen-bond acceptors (Lipinski definition) is 3. The maximum absolute atomic E-state index is 11.9. The molecule has 0 rings (SSSR count). The molecule has 0 radical (unpaired) electrons. The summed E-state index contributed by atoms with van der Waals surface area (Å²) in [5, 5.41) is 2.95. The molecule has 0 aromatic heterocycles. The van der Waals surface area contributed by atoms with Gasteiger partial charge in [-0.05, 0) is 47.5 Å². The van der Waals surface area contributed by atoms with E-state index in [-0.39, 0.29) is 5.91 Å². The molecule has 0 bridgehead atoms. The number of rotatable bonds is 9. The molecule has 0 saturated heterocycles. The predicted molar refractivity (Wildman–Crippen MR) is 82.1 cm³/mol. The lowest BCUT2D eigenvalue weighted by molar-refractivity contribution is -0.126. The van der Waals surface area contributed by atoms with Gasteiger partial charge in [0.1, 0.15) is 0 Å². The fourth-order valence-corrected chi connectivity index (χ4v) is 2.41. The van der Waals surface area contributed by atoms with Gasteiger partial charge in [-0.1, -0.05) is 13.3 Å². The Kier molecular flexibility index (Phi) is 8.26. The minimum absolute atomic E-state index is 0.0324. The van der Waals surface area contributed by atoms with Crippen LogP contribution in [0, 0.1) is 0 Å². The Morgan fingerprint density at radius 1 is 1.26 bits per heavy atom. The average Bonchev–Trinajstić information content (AvgIpc) is 2.27. The van der Waals surface area contributed by atoms with Gasteiger partial charge in [0, 0.05) is 25.2 Å². The fraction of sp³-hybridized carbons (Fsp3) is 0.933. The van der Waals surface area contributed by atoms with Gasteiger partial charge in [-0.25, -0.2) is 0 Å². The highest BCUT2D eigenvalue weighted by Crippen LogP contribution is 2.09. The topological polar surface area (TPSA) is 58.4 Å². The highest BCUT2D eigenvalue weighted by atomic mass is 16.2. The smallest absolute Gasteiger partial charge is 0.239 e. The van der Waals surface area contributed by atoms with E-state index in [2.05, 4.69) is 37.9 Å². The van der Waals surface area contributed by atoms with E-state index < -0.39 is 5.54 Å². The minimum atomic E-state index is -0.732. The summed E-state index contributed by atoms with van der Waals surface area (Å²) in [7, 11) is 0. The normalized spacial score (nSPS) is 15.1. The largest absolute Gasteiger partial charge is 0.354 e. The molecule has 1 amide bonds. The quantitative estimate of drug-likeness (QED) is 0.632. The Morgan fingerprint density at radius 2 is 1.79 bits per heavy atom. The molecule has 0 aromatic rings. The van der Waals surface area contributed by atoms with E-state index in [1.54, 1.807) is 6.92 Å². The third-order valence-electron chi connectivity index (χ3n) is 3.49. The SMILES string of the molecule is CCCC(C)(N)C(=O)NCCCN(C(C)C)C(C)C. The number of carbonyl (C=O) groups is 1. The van der Waals surface area contributed by atoms with Crippen LogP contribution in [0.1, 0.15) is 60.8 Å². The van der Waals surface area contributed by atoms with Crippen LogP contribution in [-0.4, -0.2) is 41.5 Å². The van der Waals surface area contributed by atoms with Crippen LogP contribution in [0.4, 0.5) is 0 Å². The third kappa shape index (κ3) is 6.92. The van der Waals surface area contributed by atoms with Gasteiger partial charge in [0.2, 0.25) is 5.91 Å². The molecular formula is C15H33N3O. The molecule has 19 heavy (non-hydrogen) atoms. The first-order valence-electron chi connectivity index (χ1n) is 7.55. The molecule has 4 nitrogen and oxygen atoms in total. The van der Waals surface area contributed by atoms with Crippen LogP contribution in [-0.2, 0) is 4.79 Å². The van der Waals surface area contributed by atoms with E-state index in [4.69, 9.17) is 5.73 Å². The average molecular weight is 271 g/mol. The van der Waals surface area contributed by atoms with Crippen LogP contribution < -0.4 is 11.1 Å². The number of hydrogen-bond donors (Lipinski definition) is 2. The molecule has 0 fully saturated rings. The summed E-state index contributed by atoms with van der Waals surface area (Å²) in [5.74, 6) is -0.0324. The number of nitrogens with one attached hydrogen (secondary N) is 1. The van der Waals surface area contributed by atoms with Crippen LogP contribution in [0.15, 0.2) is 0 Å². The monoisotopic (exact) mass is 271 g/mol.